The van der Waals surface area contributed by atoms with Gasteiger partial charge in [-0.1, -0.05) is 48.0 Å². The van der Waals surface area contributed by atoms with Crippen LogP contribution in [0.3, 0.4) is 0 Å². The maximum Gasteiger partial charge on any atom is 0.341 e. The molecule has 2 N–H and O–H groups in total. The zero-order valence-corrected chi connectivity index (χ0v) is 17.7. The second-order valence-electron chi connectivity index (χ2n) is 7.35. The fourth-order valence-corrected chi connectivity index (χ4v) is 3.33. The van der Waals surface area contributed by atoms with Gasteiger partial charge in [0.15, 0.2) is 6.10 Å². The molecule has 1 amide bonds. The average molecular weight is 402 g/mol. The lowest BCUT2D eigenvalue weighted by molar-refractivity contribution is -0.123. The summed E-state index contributed by atoms with van der Waals surface area (Å²) in [6.45, 7) is 7.46. The smallest absolute Gasteiger partial charge is 0.341 e. The number of aryl methyl sites for hydroxylation is 3. The van der Waals surface area contributed by atoms with Crippen LogP contribution in [-0.4, -0.2) is 18.0 Å². The first-order valence-electron chi connectivity index (χ1n) is 9.86. The number of nitrogens with one attached hydrogen (secondary N) is 2. The van der Waals surface area contributed by atoms with Crippen LogP contribution in [0.5, 0.6) is 0 Å². The Kier molecular flexibility index (Phi) is 6.52. The summed E-state index contributed by atoms with van der Waals surface area (Å²) in [6, 6.07) is 20.6. The van der Waals surface area contributed by atoms with Gasteiger partial charge in [0.25, 0.3) is 5.91 Å². The van der Waals surface area contributed by atoms with Gasteiger partial charge in [-0.15, -0.1) is 0 Å². The number of ether oxygens (including phenoxy) is 1. The van der Waals surface area contributed by atoms with E-state index in [1.165, 1.54) is 0 Å². The number of hydrogen-bond acceptors (Lipinski definition) is 4. The highest BCUT2D eigenvalue weighted by Crippen LogP contribution is 2.24. The molecule has 0 aliphatic heterocycles. The minimum atomic E-state index is -0.942. The lowest BCUT2D eigenvalue weighted by Gasteiger charge is -2.18. The normalized spacial score (nSPS) is 11.5. The van der Waals surface area contributed by atoms with Crippen LogP contribution in [-0.2, 0) is 9.53 Å². The van der Waals surface area contributed by atoms with E-state index >= 15 is 0 Å². The molecule has 0 radical (unpaired) electrons. The zero-order chi connectivity index (χ0) is 21.7. The minimum absolute atomic E-state index is 0.365. The van der Waals surface area contributed by atoms with Gasteiger partial charge in [0.1, 0.15) is 0 Å². The highest BCUT2D eigenvalue weighted by atomic mass is 16.5. The van der Waals surface area contributed by atoms with Crippen LogP contribution < -0.4 is 10.6 Å². The molecule has 30 heavy (non-hydrogen) atoms. The number of anilines is 3. The van der Waals surface area contributed by atoms with E-state index in [1.807, 2.05) is 69.3 Å². The fraction of sp³-hybridized carbons (Fsp3) is 0.200. The van der Waals surface area contributed by atoms with Crippen molar-refractivity contribution < 1.29 is 14.3 Å². The molecule has 0 saturated carbocycles. The Morgan fingerprint density at radius 1 is 0.867 bits per heavy atom. The lowest BCUT2D eigenvalue weighted by Crippen LogP contribution is -2.30. The number of rotatable bonds is 6. The third-order valence-electron chi connectivity index (χ3n) is 4.78. The van der Waals surface area contributed by atoms with Crippen LogP contribution >= 0.6 is 0 Å². The van der Waals surface area contributed by atoms with E-state index in [0.717, 1.165) is 28.1 Å². The van der Waals surface area contributed by atoms with Crippen molar-refractivity contribution in [1.82, 2.24) is 0 Å². The molecule has 3 aromatic rings. The number of esters is 1. The Balaban J connectivity index is 1.71. The zero-order valence-electron chi connectivity index (χ0n) is 17.7. The van der Waals surface area contributed by atoms with Crippen LogP contribution in [0.2, 0.25) is 0 Å². The van der Waals surface area contributed by atoms with Crippen molar-refractivity contribution in [3.63, 3.8) is 0 Å². The number of benzene rings is 3. The standard InChI is InChI=1S/C25H26N2O3/c1-16-14-17(2)23(18(3)15-16)27-24(28)19(4)30-25(29)21-12-8-9-13-22(21)26-20-10-6-5-7-11-20/h5-15,19,26H,1-4H3,(H,27,28)/t19-/m0/s1. The highest BCUT2D eigenvalue weighted by molar-refractivity contribution is 6.00. The van der Waals surface area contributed by atoms with Crippen molar-refractivity contribution in [1.29, 1.82) is 0 Å². The van der Waals surface area contributed by atoms with Crippen LogP contribution in [0.25, 0.3) is 0 Å². The van der Waals surface area contributed by atoms with Crippen LogP contribution in [0, 0.1) is 20.8 Å². The summed E-state index contributed by atoms with van der Waals surface area (Å²) in [4.78, 5) is 25.4. The molecule has 5 heteroatoms. The van der Waals surface area contributed by atoms with Crippen molar-refractivity contribution in [3.8, 4) is 0 Å². The van der Waals surface area contributed by atoms with E-state index in [0.29, 0.717) is 11.3 Å². The maximum atomic E-state index is 12.8. The Morgan fingerprint density at radius 2 is 1.47 bits per heavy atom. The van der Waals surface area contributed by atoms with Gasteiger partial charge in [0, 0.05) is 11.4 Å². The van der Waals surface area contributed by atoms with E-state index in [1.54, 1.807) is 25.1 Å². The molecule has 0 heterocycles. The van der Waals surface area contributed by atoms with Gasteiger partial charge < -0.3 is 15.4 Å². The van der Waals surface area contributed by atoms with Gasteiger partial charge in [-0.05, 0) is 63.1 Å². The molecule has 5 nitrogen and oxygen atoms in total. The number of carbonyl (C=O) groups excluding carboxylic acids is 2. The second kappa shape index (κ2) is 9.27. The fourth-order valence-electron chi connectivity index (χ4n) is 3.33. The Bertz CT molecular complexity index is 1040. The third-order valence-corrected chi connectivity index (χ3v) is 4.78. The predicted octanol–water partition coefficient (Wildman–Crippen LogP) is 5.54. The first-order valence-corrected chi connectivity index (χ1v) is 9.86. The topological polar surface area (TPSA) is 67.4 Å². The molecule has 0 fully saturated rings. The molecule has 3 aromatic carbocycles. The number of amides is 1. The molecule has 0 aliphatic carbocycles. The number of hydrogen-bond donors (Lipinski definition) is 2. The van der Waals surface area contributed by atoms with Crippen LogP contribution in [0.4, 0.5) is 17.1 Å². The van der Waals surface area contributed by atoms with Crippen LogP contribution in [0.1, 0.15) is 34.0 Å². The largest absolute Gasteiger partial charge is 0.449 e. The molecule has 0 aliphatic rings. The minimum Gasteiger partial charge on any atom is -0.449 e. The maximum absolute atomic E-state index is 12.8. The lowest BCUT2D eigenvalue weighted by atomic mass is 10.0. The van der Waals surface area contributed by atoms with E-state index in [9.17, 15) is 9.59 Å². The molecule has 0 bridgehead atoms. The summed E-state index contributed by atoms with van der Waals surface area (Å²) in [5.74, 6) is -0.930. The van der Waals surface area contributed by atoms with E-state index in [-0.39, 0.29) is 5.91 Å². The molecule has 0 unspecified atom stereocenters. The summed E-state index contributed by atoms with van der Waals surface area (Å²) in [6.07, 6.45) is -0.942. The summed E-state index contributed by atoms with van der Waals surface area (Å²) >= 11 is 0. The summed E-state index contributed by atoms with van der Waals surface area (Å²) in [5, 5.41) is 6.10. The Hall–Kier alpha value is -3.60. The first-order chi connectivity index (χ1) is 14.3. The van der Waals surface area contributed by atoms with E-state index in [4.69, 9.17) is 4.74 Å². The van der Waals surface area contributed by atoms with Gasteiger partial charge in [0.2, 0.25) is 0 Å². The van der Waals surface area contributed by atoms with Gasteiger partial charge in [-0.2, -0.15) is 0 Å². The Morgan fingerprint density at radius 3 is 2.13 bits per heavy atom. The molecule has 0 aromatic heterocycles. The van der Waals surface area contributed by atoms with Crippen molar-refractivity contribution >= 4 is 28.9 Å². The molecule has 1 atom stereocenters. The van der Waals surface area contributed by atoms with Crippen molar-refractivity contribution in [3.05, 3.63) is 89.0 Å². The highest BCUT2D eigenvalue weighted by Gasteiger charge is 2.22. The molecule has 0 saturated heterocycles. The molecular weight excluding hydrogens is 376 g/mol. The van der Waals surface area contributed by atoms with Gasteiger partial charge in [-0.3, -0.25) is 4.79 Å². The van der Waals surface area contributed by atoms with Crippen LogP contribution in [0.15, 0.2) is 66.7 Å². The van der Waals surface area contributed by atoms with Crippen molar-refractivity contribution in [2.75, 3.05) is 10.6 Å². The molecule has 0 spiro atoms. The van der Waals surface area contributed by atoms with Gasteiger partial charge in [-0.25, -0.2) is 4.79 Å². The summed E-state index contributed by atoms with van der Waals surface area (Å²) in [5.41, 5.74) is 5.65. The van der Waals surface area contributed by atoms with E-state index in [2.05, 4.69) is 10.6 Å². The number of carbonyl (C=O) groups is 2. The van der Waals surface area contributed by atoms with Gasteiger partial charge in [0.05, 0.1) is 11.3 Å². The quantitative estimate of drug-likeness (QED) is 0.531. The molecular formula is C25H26N2O3. The Labute approximate surface area is 177 Å². The predicted molar refractivity (Wildman–Crippen MR) is 120 cm³/mol. The van der Waals surface area contributed by atoms with Gasteiger partial charge >= 0.3 is 5.97 Å². The van der Waals surface area contributed by atoms with Crippen molar-refractivity contribution in [2.24, 2.45) is 0 Å². The SMILES string of the molecule is Cc1cc(C)c(NC(=O)[C@H](C)OC(=O)c2ccccc2Nc2ccccc2)c(C)c1. The average Bonchev–Trinajstić information content (AvgIpc) is 2.71. The third kappa shape index (κ3) is 5.06. The second-order valence-corrected chi connectivity index (χ2v) is 7.35. The summed E-state index contributed by atoms with van der Waals surface area (Å²) in [7, 11) is 0. The molecule has 154 valence electrons. The number of para-hydroxylation sites is 2. The van der Waals surface area contributed by atoms with Crippen molar-refractivity contribution in [2.45, 2.75) is 33.8 Å². The monoisotopic (exact) mass is 402 g/mol. The first kappa shape index (κ1) is 21.1. The summed E-state index contributed by atoms with van der Waals surface area (Å²) < 4.78 is 5.46. The molecule has 3 rings (SSSR count). The van der Waals surface area contributed by atoms with E-state index < -0.39 is 12.1 Å².